The molecule has 0 amide bonds. The highest BCUT2D eigenvalue weighted by molar-refractivity contribution is 5.27. The highest BCUT2D eigenvalue weighted by Gasteiger charge is 2.31. The molecule has 1 saturated heterocycles. The van der Waals surface area contributed by atoms with E-state index in [9.17, 15) is 18.3 Å². The number of alkyl halides is 3. The molecule has 1 fully saturated rings. The van der Waals surface area contributed by atoms with Crippen molar-refractivity contribution in [2.45, 2.75) is 38.5 Å². The molecule has 0 radical (unpaired) electrons. The first kappa shape index (κ1) is 16.3. The van der Waals surface area contributed by atoms with Gasteiger partial charge in [0.25, 0.3) is 0 Å². The average molecular weight is 301 g/mol. The van der Waals surface area contributed by atoms with Gasteiger partial charge in [-0.15, -0.1) is 0 Å². The van der Waals surface area contributed by atoms with Crippen LogP contribution in [0.25, 0.3) is 0 Å². The maximum Gasteiger partial charge on any atom is 0.416 e. The van der Waals surface area contributed by atoms with E-state index in [2.05, 4.69) is 11.8 Å². The summed E-state index contributed by atoms with van der Waals surface area (Å²) in [5.41, 5.74) is -0.368. The molecule has 0 aliphatic carbocycles. The first-order valence-electron chi connectivity index (χ1n) is 7.47. The van der Waals surface area contributed by atoms with Crippen LogP contribution in [-0.4, -0.2) is 29.6 Å². The van der Waals surface area contributed by atoms with E-state index in [1.54, 1.807) is 6.07 Å². The number of nitrogens with zero attached hydrogens (tertiary/aromatic N) is 1. The van der Waals surface area contributed by atoms with E-state index >= 15 is 0 Å². The summed E-state index contributed by atoms with van der Waals surface area (Å²) in [5.74, 6) is 0.656. The highest BCUT2D eigenvalue weighted by atomic mass is 19.4. The minimum atomic E-state index is -4.37. The maximum atomic E-state index is 12.7. The van der Waals surface area contributed by atoms with Gasteiger partial charge in [-0.25, -0.2) is 0 Å². The molecular weight excluding hydrogens is 279 g/mol. The molecule has 0 spiro atoms. The Kier molecular flexibility index (Phi) is 5.27. The minimum absolute atomic E-state index is 0.337. The maximum absolute atomic E-state index is 12.7. The molecule has 1 aromatic rings. The summed E-state index contributed by atoms with van der Waals surface area (Å²) >= 11 is 0. The molecule has 1 aliphatic rings. The van der Waals surface area contributed by atoms with Gasteiger partial charge in [0.2, 0.25) is 0 Å². The average Bonchev–Trinajstić information content (AvgIpc) is 2.86. The van der Waals surface area contributed by atoms with E-state index in [-0.39, 0.29) is 0 Å². The number of hydrogen-bond donors (Lipinski definition) is 1. The zero-order valence-corrected chi connectivity index (χ0v) is 12.2. The zero-order valence-electron chi connectivity index (χ0n) is 12.2. The summed E-state index contributed by atoms with van der Waals surface area (Å²) in [4.78, 5) is 2.14. The van der Waals surface area contributed by atoms with Crippen molar-refractivity contribution in [3.8, 4) is 0 Å². The lowest BCUT2D eigenvalue weighted by Gasteiger charge is -2.21. The third-order valence-electron chi connectivity index (χ3n) is 4.10. The first-order chi connectivity index (χ1) is 9.90. The standard InChI is InChI=1S/C16H22F3NO/c1-2-4-12-7-8-20(10-12)11-15(21)13-5-3-6-14(9-13)16(17,18)19/h3,5-6,9,12,15,21H,2,4,7-8,10-11H2,1H3. The van der Waals surface area contributed by atoms with Gasteiger partial charge >= 0.3 is 6.18 Å². The smallest absolute Gasteiger partial charge is 0.387 e. The molecule has 0 saturated carbocycles. The summed E-state index contributed by atoms with van der Waals surface area (Å²) in [6.45, 7) is 4.41. The van der Waals surface area contributed by atoms with E-state index < -0.39 is 17.8 Å². The fourth-order valence-corrected chi connectivity index (χ4v) is 2.99. The van der Waals surface area contributed by atoms with Gasteiger partial charge in [-0.05, 0) is 43.0 Å². The van der Waals surface area contributed by atoms with Gasteiger partial charge in [-0.3, -0.25) is 0 Å². The van der Waals surface area contributed by atoms with Crippen LogP contribution in [0.4, 0.5) is 13.2 Å². The molecule has 1 aliphatic heterocycles. The Hall–Kier alpha value is -1.07. The largest absolute Gasteiger partial charge is 0.416 e. The molecule has 0 bridgehead atoms. The molecule has 21 heavy (non-hydrogen) atoms. The van der Waals surface area contributed by atoms with E-state index in [4.69, 9.17) is 0 Å². The Morgan fingerprint density at radius 1 is 1.38 bits per heavy atom. The Balaban J connectivity index is 1.96. The molecule has 1 heterocycles. The number of aliphatic hydroxyl groups is 1. The molecule has 2 nitrogen and oxygen atoms in total. The molecule has 0 aromatic heterocycles. The van der Waals surface area contributed by atoms with Crippen molar-refractivity contribution in [1.82, 2.24) is 4.90 Å². The zero-order chi connectivity index (χ0) is 15.5. The van der Waals surface area contributed by atoms with Crippen molar-refractivity contribution in [2.75, 3.05) is 19.6 Å². The van der Waals surface area contributed by atoms with Crippen LogP contribution in [0.2, 0.25) is 0 Å². The van der Waals surface area contributed by atoms with E-state index in [1.165, 1.54) is 12.5 Å². The summed E-state index contributed by atoms with van der Waals surface area (Å²) in [6, 6.07) is 4.98. The van der Waals surface area contributed by atoms with Crippen molar-refractivity contribution >= 4 is 0 Å². The van der Waals surface area contributed by atoms with Gasteiger partial charge in [0.05, 0.1) is 11.7 Å². The number of benzene rings is 1. The third-order valence-corrected chi connectivity index (χ3v) is 4.10. The van der Waals surface area contributed by atoms with Crippen molar-refractivity contribution in [2.24, 2.45) is 5.92 Å². The Morgan fingerprint density at radius 2 is 2.14 bits per heavy atom. The predicted octanol–water partition coefficient (Wildman–Crippen LogP) is 3.86. The number of hydrogen-bond acceptors (Lipinski definition) is 2. The number of β-amino-alcohol motifs (C(OH)–C–C–N with tert-alkyl or cyclic N) is 1. The minimum Gasteiger partial charge on any atom is -0.387 e. The summed E-state index contributed by atoms with van der Waals surface area (Å²) in [5, 5.41) is 10.2. The normalized spacial score (nSPS) is 21.7. The van der Waals surface area contributed by atoms with Gasteiger partial charge < -0.3 is 10.0 Å². The topological polar surface area (TPSA) is 23.5 Å². The van der Waals surface area contributed by atoms with Crippen molar-refractivity contribution in [3.05, 3.63) is 35.4 Å². The van der Waals surface area contributed by atoms with Crippen LogP contribution in [0.3, 0.4) is 0 Å². The van der Waals surface area contributed by atoms with Crippen molar-refractivity contribution < 1.29 is 18.3 Å². The fourth-order valence-electron chi connectivity index (χ4n) is 2.99. The second kappa shape index (κ2) is 6.79. The van der Waals surface area contributed by atoms with Gasteiger partial charge in [0, 0.05) is 13.1 Å². The number of halogens is 3. The van der Waals surface area contributed by atoms with Crippen LogP contribution in [0.5, 0.6) is 0 Å². The summed E-state index contributed by atoms with van der Waals surface area (Å²) in [6.07, 6.45) is -1.79. The van der Waals surface area contributed by atoms with Gasteiger partial charge in [0.15, 0.2) is 0 Å². The van der Waals surface area contributed by atoms with Gasteiger partial charge in [0.1, 0.15) is 0 Å². The Labute approximate surface area is 123 Å². The van der Waals surface area contributed by atoms with Gasteiger partial charge in [-0.2, -0.15) is 13.2 Å². The number of rotatable bonds is 5. The van der Waals surface area contributed by atoms with E-state index in [1.807, 2.05) is 0 Å². The van der Waals surface area contributed by atoms with E-state index in [0.717, 1.165) is 38.1 Å². The van der Waals surface area contributed by atoms with E-state index in [0.29, 0.717) is 18.0 Å². The van der Waals surface area contributed by atoms with Crippen LogP contribution < -0.4 is 0 Å². The number of likely N-dealkylation sites (tertiary alicyclic amines) is 1. The molecule has 1 aromatic carbocycles. The Bertz CT molecular complexity index is 461. The monoisotopic (exact) mass is 301 g/mol. The number of aliphatic hydroxyl groups excluding tert-OH is 1. The summed E-state index contributed by atoms with van der Waals surface area (Å²) in [7, 11) is 0. The summed E-state index contributed by atoms with van der Waals surface area (Å²) < 4.78 is 38.0. The Morgan fingerprint density at radius 3 is 2.81 bits per heavy atom. The first-order valence-corrected chi connectivity index (χ1v) is 7.47. The van der Waals surface area contributed by atoms with Gasteiger partial charge in [-0.1, -0.05) is 25.5 Å². The molecule has 2 atom stereocenters. The lowest BCUT2D eigenvalue weighted by molar-refractivity contribution is -0.137. The van der Waals surface area contributed by atoms with Crippen LogP contribution in [0.15, 0.2) is 24.3 Å². The molecule has 5 heteroatoms. The van der Waals surface area contributed by atoms with Crippen molar-refractivity contribution in [3.63, 3.8) is 0 Å². The van der Waals surface area contributed by atoms with Crippen LogP contribution >= 0.6 is 0 Å². The van der Waals surface area contributed by atoms with Crippen molar-refractivity contribution in [1.29, 1.82) is 0 Å². The third kappa shape index (κ3) is 4.45. The quantitative estimate of drug-likeness (QED) is 0.892. The molecule has 2 unspecified atom stereocenters. The lowest BCUT2D eigenvalue weighted by Crippen LogP contribution is -2.26. The van der Waals surface area contributed by atoms with Crippen LogP contribution in [0, 0.1) is 5.92 Å². The predicted molar refractivity (Wildman–Crippen MR) is 75.9 cm³/mol. The molecule has 2 rings (SSSR count). The molecule has 118 valence electrons. The second-order valence-corrected chi connectivity index (χ2v) is 5.84. The fraction of sp³-hybridized carbons (Fsp3) is 0.625. The lowest BCUT2D eigenvalue weighted by atomic mass is 10.0. The SMILES string of the molecule is CCCC1CCN(CC(O)c2cccc(C(F)(F)F)c2)C1. The molecular formula is C16H22F3NO. The van der Waals surface area contributed by atoms with Crippen LogP contribution in [0.1, 0.15) is 43.4 Å². The van der Waals surface area contributed by atoms with Crippen LogP contribution in [-0.2, 0) is 6.18 Å². The highest BCUT2D eigenvalue weighted by Crippen LogP contribution is 2.31. The second-order valence-electron chi connectivity index (χ2n) is 5.84. The molecule has 1 N–H and O–H groups in total.